The summed E-state index contributed by atoms with van der Waals surface area (Å²) in [6.07, 6.45) is 0. The van der Waals surface area contributed by atoms with Crippen molar-refractivity contribution in [2.75, 3.05) is 19.5 Å². The maximum absolute atomic E-state index is 12.0. The second-order valence-corrected chi connectivity index (χ2v) is 4.55. The van der Waals surface area contributed by atoms with Crippen LogP contribution >= 0.6 is 0 Å². The first-order valence-electron chi connectivity index (χ1n) is 5.84. The Morgan fingerprint density at radius 1 is 1.50 bits per heavy atom. The molecule has 100 valence electrons. The minimum Gasteiger partial charge on any atom is -0.506 e. The number of phenols is 1. The third-order valence-corrected chi connectivity index (χ3v) is 2.76. The van der Waals surface area contributed by atoms with Crippen molar-refractivity contribution in [3.8, 4) is 5.75 Å². The monoisotopic (exact) mass is 252 g/mol. The zero-order chi connectivity index (χ0) is 13.7. The number of aromatic hydroxyl groups is 1. The highest BCUT2D eigenvalue weighted by Gasteiger charge is 2.17. The summed E-state index contributed by atoms with van der Waals surface area (Å²) in [5, 5.41) is 12.3. The quantitative estimate of drug-likeness (QED) is 0.546. The van der Waals surface area contributed by atoms with Crippen molar-refractivity contribution in [1.29, 1.82) is 0 Å². The standard InChI is InChI=1S/C13H20N2O3/c1-8(2)11(7-18-3)15-13(17)9-4-5-10(14)12(16)6-9/h4-6,8,11,16H,7,14H2,1-3H3,(H,15,17). The van der Waals surface area contributed by atoms with Crippen molar-refractivity contribution < 1.29 is 14.6 Å². The molecule has 1 atom stereocenters. The predicted octanol–water partition coefficient (Wildman–Crippen LogP) is 1.38. The number of phenolic OH excluding ortho intramolecular Hbond substituents is 1. The third kappa shape index (κ3) is 3.63. The van der Waals surface area contributed by atoms with E-state index in [-0.39, 0.29) is 29.3 Å². The Labute approximate surface area is 107 Å². The highest BCUT2D eigenvalue weighted by atomic mass is 16.5. The summed E-state index contributed by atoms with van der Waals surface area (Å²) in [7, 11) is 1.59. The Balaban J connectivity index is 2.77. The number of benzene rings is 1. The minimum atomic E-state index is -0.249. The molecule has 1 rings (SSSR count). The molecule has 0 radical (unpaired) electrons. The number of anilines is 1. The van der Waals surface area contributed by atoms with Crippen molar-refractivity contribution in [2.45, 2.75) is 19.9 Å². The molecule has 0 fully saturated rings. The smallest absolute Gasteiger partial charge is 0.251 e. The molecule has 0 saturated heterocycles. The number of nitrogens with two attached hydrogens (primary N) is 1. The van der Waals surface area contributed by atoms with Crippen LogP contribution in [0.3, 0.4) is 0 Å². The maximum atomic E-state index is 12.0. The molecule has 5 nitrogen and oxygen atoms in total. The second kappa shape index (κ2) is 6.26. The van der Waals surface area contributed by atoms with Gasteiger partial charge in [-0.2, -0.15) is 0 Å². The summed E-state index contributed by atoms with van der Waals surface area (Å²) in [5.74, 6) is -0.0761. The number of nitrogens with one attached hydrogen (secondary N) is 1. The van der Waals surface area contributed by atoms with E-state index in [2.05, 4.69) is 5.32 Å². The number of methoxy groups -OCH3 is 1. The van der Waals surface area contributed by atoms with Gasteiger partial charge in [-0.25, -0.2) is 0 Å². The average Bonchev–Trinajstić information content (AvgIpc) is 2.31. The van der Waals surface area contributed by atoms with E-state index in [1.807, 2.05) is 13.8 Å². The molecule has 0 bridgehead atoms. The zero-order valence-electron chi connectivity index (χ0n) is 10.9. The number of ether oxygens (including phenoxy) is 1. The number of rotatable bonds is 5. The molecular formula is C13H20N2O3. The summed E-state index contributed by atoms with van der Waals surface area (Å²) in [6, 6.07) is 4.37. The number of amides is 1. The molecular weight excluding hydrogens is 232 g/mol. The fraction of sp³-hybridized carbons (Fsp3) is 0.462. The lowest BCUT2D eigenvalue weighted by Gasteiger charge is -2.21. The molecule has 0 aliphatic heterocycles. The molecule has 18 heavy (non-hydrogen) atoms. The SMILES string of the molecule is COCC(NC(=O)c1ccc(N)c(O)c1)C(C)C. The molecule has 1 amide bonds. The number of carbonyl (C=O) groups is 1. The van der Waals surface area contributed by atoms with Gasteiger partial charge in [0.05, 0.1) is 18.3 Å². The van der Waals surface area contributed by atoms with Crippen molar-refractivity contribution >= 4 is 11.6 Å². The highest BCUT2D eigenvalue weighted by Crippen LogP contribution is 2.20. The van der Waals surface area contributed by atoms with E-state index in [4.69, 9.17) is 10.5 Å². The summed E-state index contributed by atoms with van der Waals surface area (Å²) in [5.41, 5.74) is 6.12. The van der Waals surface area contributed by atoms with Crippen LogP contribution in [0.25, 0.3) is 0 Å². The van der Waals surface area contributed by atoms with E-state index in [1.165, 1.54) is 12.1 Å². The Hall–Kier alpha value is -1.75. The van der Waals surface area contributed by atoms with Gasteiger partial charge in [-0.15, -0.1) is 0 Å². The average molecular weight is 252 g/mol. The lowest BCUT2D eigenvalue weighted by atomic mass is 10.0. The molecule has 5 heteroatoms. The van der Waals surface area contributed by atoms with Gasteiger partial charge in [-0.05, 0) is 24.1 Å². The van der Waals surface area contributed by atoms with Crippen LogP contribution in [0.4, 0.5) is 5.69 Å². The molecule has 0 aliphatic rings. The van der Waals surface area contributed by atoms with E-state index < -0.39 is 0 Å². The van der Waals surface area contributed by atoms with E-state index in [0.29, 0.717) is 12.2 Å². The number of carbonyl (C=O) groups excluding carboxylic acids is 1. The predicted molar refractivity (Wildman–Crippen MR) is 70.5 cm³/mol. The second-order valence-electron chi connectivity index (χ2n) is 4.55. The van der Waals surface area contributed by atoms with Crippen LogP contribution in [0.15, 0.2) is 18.2 Å². The molecule has 1 unspecified atom stereocenters. The molecule has 0 aliphatic carbocycles. The van der Waals surface area contributed by atoms with Crippen molar-refractivity contribution in [1.82, 2.24) is 5.32 Å². The van der Waals surface area contributed by atoms with Crippen LogP contribution in [0.2, 0.25) is 0 Å². The molecule has 0 aromatic heterocycles. The van der Waals surface area contributed by atoms with Gasteiger partial charge in [0.1, 0.15) is 5.75 Å². The van der Waals surface area contributed by atoms with E-state index in [1.54, 1.807) is 13.2 Å². The molecule has 0 spiro atoms. The van der Waals surface area contributed by atoms with Crippen LogP contribution in [0.1, 0.15) is 24.2 Å². The van der Waals surface area contributed by atoms with E-state index in [0.717, 1.165) is 0 Å². The summed E-state index contributed by atoms with van der Waals surface area (Å²) >= 11 is 0. The van der Waals surface area contributed by atoms with Crippen LogP contribution in [0.5, 0.6) is 5.75 Å². The van der Waals surface area contributed by atoms with Crippen LogP contribution in [-0.4, -0.2) is 30.8 Å². The lowest BCUT2D eigenvalue weighted by molar-refractivity contribution is 0.0866. The van der Waals surface area contributed by atoms with Gasteiger partial charge in [-0.3, -0.25) is 4.79 Å². The molecule has 1 aromatic rings. The molecule has 4 N–H and O–H groups in total. The Bertz CT molecular complexity index is 419. The molecule has 1 aromatic carbocycles. The minimum absolute atomic E-state index is 0.0674. The van der Waals surface area contributed by atoms with E-state index in [9.17, 15) is 9.90 Å². The largest absolute Gasteiger partial charge is 0.506 e. The Morgan fingerprint density at radius 2 is 2.17 bits per heavy atom. The first-order valence-corrected chi connectivity index (χ1v) is 5.84. The summed E-state index contributed by atoms with van der Waals surface area (Å²) in [4.78, 5) is 12.0. The maximum Gasteiger partial charge on any atom is 0.251 e. The number of hydrogen-bond donors (Lipinski definition) is 3. The van der Waals surface area contributed by atoms with Gasteiger partial charge >= 0.3 is 0 Å². The van der Waals surface area contributed by atoms with Crippen molar-refractivity contribution in [3.63, 3.8) is 0 Å². The van der Waals surface area contributed by atoms with Gasteiger partial charge in [0.15, 0.2) is 0 Å². The van der Waals surface area contributed by atoms with Gasteiger partial charge in [0.2, 0.25) is 0 Å². The summed E-state index contributed by atoms with van der Waals surface area (Å²) < 4.78 is 5.06. The molecule has 0 saturated carbocycles. The Kier molecular flexibility index (Phi) is 4.97. The fourth-order valence-corrected chi connectivity index (χ4v) is 1.52. The third-order valence-electron chi connectivity index (χ3n) is 2.76. The molecule has 0 heterocycles. The van der Waals surface area contributed by atoms with Crippen molar-refractivity contribution in [3.05, 3.63) is 23.8 Å². The van der Waals surface area contributed by atoms with E-state index >= 15 is 0 Å². The van der Waals surface area contributed by atoms with Crippen molar-refractivity contribution in [2.24, 2.45) is 5.92 Å². The summed E-state index contributed by atoms with van der Waals surface area (Å²) in [6.45, 7) is 4.46. The fourth-order valence-electron chi connectivity index (χ4n) is 1.52. The number of nitrogen functional groups attached to an aromatic ring is 1. The van der Waals surface area contributed by atoms with Gasteiger partial charge in [0, 0.05) is 12.7 Å². The first kappa shape index (κ1) is 14.3. The lowest BCUT2D eigenvalue weighted by Crippen LogP contribution is -2.41. The highest BCUT2D eigenvalue weighted by molar-refractivity contribution is 5.95. The normalized spacial score (nSPS) is 12.4. The van der Waals surface area contributed by atoms with Crippen LogP contribution in [-0.2, 0) is 4.74 Å². The Morgan fingerprint density at radius 3 is 2.67 bits per heavy atom. The van der Waals surface area contributed by atoms with Crippen LogP contribution in [0, 0.1) is 5.92 Å². The zero-order valence-corrected chi connectivity index (χ0v) is 10.9. The topological polar surface area (TPSA) is 84.6 Å². The van der Waals surface area contributed by atoms with Crippen LogP contribution < -0.4 is 11.1 Å². The van der Waals surface area contributed by atoms with Gasteiger partial charge in [-0.1, -0.05) is 13.8 Å². The van der Waals surface area contributed by atoms with Gasteiger partial charge in [0.25, 0.3) is 5.91 Å². The number of hydrogen-bond acceptors (Lipinski definition) is 4. The first-order chi connectivity index (χ1) is 8.45. The van der Waals surface area contributed by atoms with Gasteiger partial charge < -0.3 is 20.9 Å².